The average Bonchev–Trinajstić information content (AvgIpc) is 2.85. The standard InChI is InChI=1S/C24H28N2O2/c1-5-28-21-9-7-6-8-18(21)12-14-24-23(3,4)19-16-17(2)10-11-20(19)26(24)15-13-22(27)25-24/h6-12,14,16H,5,13,15H2,1-4H3,(H,25,27)/b14-12+/t24-/m1/s1. The number of nitrogens with zero attached hydrogens (tertiary/aromatic N) is 1. The van der Waals surface area contributed by atoms with Crippen LogP contribution in [0.3, 0.4) is 0 Å². The molecular weight excluding hydrogens is 348 g/mol. The minimum atomic E-state index is -0.599. The second-order valence-corrected chi connectivity index (χ2v) is 8.17. The summed E-state index contributed by atoms with van der Waals surface area (Å²) in [6.45, 7) is 9.87. The Morgan fingerprint density at radius 2 is 2.00 bits per heavy atom. The summed E-state index contributed by atoms with van der Waals surface area (Å²) >= 11 is 0. The third-order valence-electron chi connectivity index (χ3n) is 6.11. The van der Waals surface area contributed by atoms with Gasteiger partial charge in [-0.15, -0.1) is 0 Å². The molecule has 1 amide bonds. The fourth-order valence-corrected chi connectivity index (χ4v) is 4.58. The number of carbonyl (C=O) groups excluding carboxylic acids is 1. The number of amides is 1. The van der Waals surface area contributed by atoms with Gasteiger partial charge in [-0.3, -0.25) is 4.79 Å². The van der Waals surface area contributed by atoms with Crippen LogP contribution in [0, 0.1) is 6.92 Å². The maximum absolute atomic E-state index is 12.5. The van der Waals surface area contributed by atoms with Gasteiger partial charge in [-0.1, -0.05) is 55.8 Å². The topological polar surface area (TPSA) is 41.6 Å². The van der Waals surface area contributed by atoms with Crippen molar-refractivity contribution in [3.8, 4) is 5.75 Å². The summed E-state index contributed by atoms with van der Waals surface area (Å²) in [5, 5.41) is 3.33. The number of aryl methyl sites for hydroxylation is 1. The molecule has 4 rings (SSSR count). The fraction of sp³-hybridized carbons (Fsp3) is 0.375. The summed E-state index contributed by atoms with van der Waals surface area (Å²) in [4.78, 5) is 14.9. The van der Waals surface area contributed by atoms with Crippen LogP contribution in [0.15, 0.2) is 48.5 Å². The Morgan fingerprint density at radius 3 is 2.79 bits per heavy atom. The summed E-state index contributed by atoms with van der Waals surface area (Å²) in [5.74, 6) is 0.951. The molecule has 1 saturated heterocycles. The molecule has 1 N–H and O–H groups in total. The number of hydrogen-bond donors (Lipinski definition) is 1. The summed E-state index contributed by atoms with van der Waals surface area (Å²) in [6, 6.07) is 14.6. The molecule has 0 aliphatic carbocycles. The minimum absolute atomic E-state index is 0.0941. The number of benzene rings is 2. The van der Waals surface area contributed by atoms with Gasteiger partial charge < -0.3 is 15.0 Å². The van der Waals surface area contributed by atoms with E-state index < -0.39 is 5.66 Å². The molecular formula is C24H28N2O2. The molecule has 4 nitrogen and oxygen atoms in total. The molecule has 2 aliphatic rings. The van der Waals surface area contributed by atoms with E-state index in [2.05, 4.69) is 61.3 Å². The smallest absolute Gasteiger partial charge is 0.223 e. The average molecular weight is 377 g/mol. The first-order valence-corrected chi connectivity index (χ1v) is 10.00. The number of fused-ring (bicyclic) bond motifs is 3. The van der Waals surface area contributed by atoms with Crippen LogP contribution in [0.5, 0.6) is 5.75 Å². The van der Waals surface area contributed by atoms with Crippen LogP contribution >= 0.6 is 0 Å². The first kappa shape index (κ1) is 18.6. The van der Waals surface area contributed by atoms with E-state index in [0.29, 0.717) is 19.6 Å². The third-order valence-corrected chi connectivity index (χ3v) is 6.11. The van der Waals surface area contributed by atoms with Gasteiger partial charge >= 0.3 is 0 Å². The van der Waals surface area contributed by atoms with Gasteiger partial charge in [0, 0.05) is 29.6 Å². The van der Waals surface area contributed by atoms with Gasteiger partial charge in [-0.05, 0) is 37.6 Å². The first-order chi connectivity index (χ1) is 13.4. The molecule has 146 valence electrons. The third kappa shape index (κ3) is 2.70. The maximum Gasteiger partial charge on any atom is 0.223 e. The normalized spacial score (nSPS) is 22.7. The van der Waals surface area contributed by atoms with Gasteiger partial charge in [-0.2, -0.15) is 0 Å². The molecule has 1 atom stereocenters. The molecule has 0 spiro atoms. The lowest BCUT2D eigenvalue weighted by molar-refractivity contribution is -0.124. The Hall–Kier alpha value is -2.75. The van der Waals surface area contributed by atoms with Crippen LogP contribution < -0.4 is 15.0 Å². The van der Waals surface area contributed by atoms with Gasteiger partial charge in [-0.25, -0.2) is 0 Å². The van der Waals surface area contributed by atoms with Crippen LogP contribution in [0.25, 0.3) is 6.08 Å². The zero-order valence-electron chi connectivity index (χ0n) is 17.1. The molecule has 28 heavy (non-hydrogen) atoms. The van der Waals surface area contributed by atoms with Gasteiger partial charge in [0.25, 0.3) is 0 Å². The van der Waals surface area contributed by atoms with Gasteiger partial charge in [0.1, 0.15) is 11.4 Å². The number of para-hydroxylation sites is 1. The Morgan fingerprint density at radius 1 is 1.21 bits per heavy atom. The lowest BCUT2D eigenvalue weighted by atomic mass is 9.74. The molecule has 0 unspecified atom stereocenters. The van der Waals surface area contributed by atoms with Crippen molar-refractivity contribution in [3.63, 3.8) is 0 Å². The van der Waals surface area contributed by atoms with E-state index in [1.54, 1.807) is 0 Å². The predicted octanol–water partition coefficient (Wildman–Crippen LogP) is 4.42. The molecule has 4 heteroatoms. The Balaban J connectivity index is 1.84. The summed E-state index contributed by atoms with van der Waals surface area (Å²) < 4.78 is 5.78. The van der Waals surface area contributed by atoms with Crippen molar-refractivity contribution in [2.75, 3.05) is 18.1 Å². The van der Waals surface area contributed by atoms with Gasteiger partial charge in [0.15, 0.2) is 0 Å². The fourth-order valence-electron chi connectivity index (χ4n) is 4.58. The van der Waals surface area contributed by atoms with Crippen molar-refractivity contribution in [2.45, 2.75) is 45.2 Å². The van der Waals surface area contributed by atoms with E-state index in [1.165, 1.54) is 16.8 Å². The van der Waals surface area contributed by atoms with E-state index in [0.717, 1.165) is 11.3 Å². The zero-order valence-corrected chi connectivity index (χ0v) is 17.1. The first-order valence-electron chi connectivity index (χ1n) is 10.00. The van der Waals surface area contributed by atoms with Crippen molar-refractivity contribution >= 4 is 17.7 Å². The largest absolute Gasteiger partial charge is 0.493 e. The van der Waals surface area contributed by atoms with Crippen LogP contribution in [0.4, 0.5) is 5.69 Å². The van der Waals surface area contributed by atoms with Crippen LogP contribution in [0.1, 0.15) is 43.9 Å². The van der Waals surface area contributed by atoms with E-state index in [9.17, 15) is 4.79 Å². The van der Waals surface area contributed by atoms with Crippen molar-refractivity contribution in [2.24, 2.45) is 0 Å². The summed E-state index contributed by atoms with van der Waals surface area (Å²) in [5.41, 5.74) is 3.86. The molecule has 0 radical (unpaired) electrons. The summed E-state index contributed by atoms with van der Waals surface area (Å²) in [7, 11) is 0. The lowest BCUT2D eigenvalue weighted by Crippen LogP contribution is -2.68. The molecule has 2 aromatic carbocycles. The highest BCUT2D eigenvalue weighted by molar-refractivity contribution is 5.85. The lowest BCUT2D eigenvalue weighted by Gasteiger charge is -2.49. The molecule has 2 aliphatic heterocycles. The second kappa shape index (κ2) is 6.69. The summed E-state index contributed by atoms with van der Waals surface area (Å²) in [6.07, 6.45) is 4.75. The van der Waals surface area contributed by atoms with Crippen molar-refractivity contribution in [1.29, 1.82) is 0 Å². The predicted molar refractivity (Wildman–Crippen MR) is 114 cm³/mol. The number of hydrogen-bond acceptors (Lipinski definition) is 3. The number of carbonyl (C=O) groups is 1. The molecule has 2 aromatic rings. The maximum atomic E-state index is 12.5. The SMILES string of the molecule is CCOc1ccccc1/C=C/[C@@]12NC(=O)CCN1c1ccc(C)cc1C2(C)C. The monoisotopic (exact) mass is 376 g/mol. The molecule has 0 bridgehead atoms. The van der Waals surface area contributed by atoms with E-state index in [-0.39, 0.29) is 11.3 Å². The van der Waals surface area contributed by atoms with Crippen LogP contribution in [-0.2, 0) is 10.2 Å². The van der Waals surface area contributed by atoms with E-state index in [1.807, 2.05) is 31.2 Å². The number of ether oxygens (including phenoxy) is 1. The molecule has 0 aromatic heterocycles. The molecule has 1 fully saturated rings. The quantitative estimate of drug-likeness (QED) is 0.859. The number of nitrogens with one attached hydrogen (secondary N) is 1. The second-order valence-electron chi connectivity index (χ2n) is 8.17. The van der Waals surface area contributed by atoms with Crippen molar-refractivity contribution < 1.29 is 9.53 Å². The highest BCUT2D eigenvalue weighted by atomic mass is 16.5. The number of anilines is 1. The highest BCUT2D eigenvalue weighted by Gasteiger charge is 2.57. The molecule has 0 saturated carbocycles. The Kier molecular flexibility index (Phi) is 4.45. The molecule has 2 heterocycles. The highest BCUT2D eigenvalue weighted by Crippen LogP contribution is 2.52. The van der Waals surface area contributed by atoms with E-state index in [4.69, 9.17) is 4.74 Å². The zero-order chi connectivity index (χ0) is 19.9. The Bertz CT molecular complexity index is 947. The number of rotatable bonds is 4. The van der Waals surface area contributed by atoms with E-state index >= 15 is 0 Å². The van der Waals surface area contributed by atoms with Crippen molar-refractivity contribution in [3.05, 3.63) is 65.2 Å². The van der Waals surface area contributed by atoms with Gasteiger partial charge in [0.05, 0.1) is 6.61 Å². The van der Waals surface area contributed by atoms with Crippen LogP contribution in [-0.4, -0.2) is 24.7 Å². The Labute approximate surface area is 167 Å². The van der Waals surface area contributed by atoms with Crippen molar-refractivity contribution in [1.82, 2.24) is 5.32 Å². The van der Waals surface area contributed by atoms with Gasteiger partial charge in [0.2, 0.25) is 5.91 Å². The van der Waals surface area contributed by atoms with Crippen LogP contribution in [0.2, 0.25) is 0 Å². The minimum Gasteiger partial charge on any atom is -0.493 e.